The zero-order chi connectivity index (χ0) is 15.5. The van der Waals surface area contributed by atoms with E-state index in [0.717, 1.165) is 37.2 Å². The average Bonchev–Trinajstić information content (AvgIpc) is 2.86. The van der Waals surface area contributed by atoms with Crippen LogP contribution in [0.1, 0.15) is 37.5 Å². The van der Waals surface area contributed by atoms with Crippen molar-refractivity contribution in [3.8, 4) is 0 Å². The summed E-state index contributed by atoms with van der Waals surface area (Å²) in [6, 6.07) is 5.34. The van der Waals surface area contributed by atoms with Gasteiger partial charge in [0.25, 0.3) is 0 Å². The second-order valence-electron chi connectivity index (χ2n) is 6.01. The van der Waals surface area contributed by atoms with Crippen LogP contribution in [0.25, 0.3) is 0 Å². The molecule has 2 unspecified atom stereocenters. The molecule has 118 valence electrons. The number of hydrogen-bond donors (Lipinski definition) is 1. The van der Waals surface area contributed by atoms with Gasteiger partial charge in [-0.25, -0.2) is 0 Å². The first-order chi connectivity index (χ1) is 9.88. The molecule has 2 nitrogen and oxygen atoms in total. The highest BCUT2D eigenvalue weighted by Gasteiger charge is 2.32. The van der Waals surface area contributed by atoms with Gasteiger partial charge in [0.05, 0.1) is 11.7 Å². The van der Waals surface area contributed by atoms with Crippen molar-refractivity contribution in [1.82, 2.24) is 5.32 Å². The molecule has 1 fully saturated rings. The molecule has 1 N–H and O–H groups in total. The standard InChI is InChI=1S/C16H22F3NO/c1-11(2)9-20-10-13-7-8-21-15(13)12-3-5-14(6-4-12)16(17,18)19/h3-6,11,13,15,20H,7-10H2,1-2H3. The minimum atomic E-state index is -4.28. The predicted octanol–water partition coefficient (Wildman–Crippen LogP) is 4.03. The van der Waals surface area contributed by atoms with Gasteiger partial charge in [0, 0.05) is 19.1 Å². The Hall–Kier alpha value is -1.07. The minimum Gasteiger partial charge on any atom is -0.373 e. The summed E-state index contributed by atoms with van der Waals surface area (Å²) in [4.78, 5) is 0. The maximum absolute atomic E-state index is 12.6. The highest BCUT2D eigenvalue weighted by Crippen LogP contribution is 2.36. The highest BCUT2D eigenvalue weighted by molar-refractivity contribution is 5.27. The van der Waals surface area contributed by atoms with Gasteiger partial charge in [-0.05, 0) is 36.6 Å². The summed E-state index contributed by atoms with van der Waals surface area (Å²) in [5, 5.41) is 3.40. The lowest BCUT2D eigenvalue weighted by molar-refractivity contribution is -0.137. The Balaban J connectivity index is 1.99. The number of nitrogens with one attached hydrogen (secondary N) is 1. The van der Waals surface area contributed by atoms with E-state index in [1.165, 1.54) is 12.1 Å². The van der Waals surface area contributed by atoms with Crippen LogP contribution in [-0.2, 0) is 10.9 Å². The van der Waals surface area contributed by atoms with Gasteiger partial charge in [0.1, 0.15) is 0 Å². The quantitative estimate of drug-likeness (QED) is 0.886. The third-order valence-corrected chi connectivity index (χ3v) is 3.74. The zero-order valence-electron chi connectivity index (χ0n) is 12.4. The molecular weight excluding hydrogens is 279 g/mol. The van der Waals surface area contributed by atoms with Crippen molar-refractivity contribution in [3.05, 3.63) is 35.4 Å². The summed E-state index contributed by atoms with van der Waals surface area (Å²) < 4.78 is 43.4. The van der Waals surface area contributed by atoms with Crippen LogP contribution in [0.15, 0.2) is 24.3 Å². The maximum Gasteiger partial charge on any atom is 0.416 e. The van der Waals surface area contributed by atoms with Gasteiger partial charge < -0.3 is 10.1 Å². The Morgan fingerprint density at radius 2 is 1.90 bits per heavy atom. The van der Waals surface area contributed by atoms with Crippen molar-refractivity contribution in [2.24, 2.45) is 11.8 Å². The van der Waals surface area contributed by atoms with Crippen molar-refractivity contribution >= 4 is 0 Å². The first-order valence-electron chi connectivity index (χ1n) is 7.37. The van der Waals surface area contributed by atoms with E-state index in [9.17, 15) is 13.2 Å². The summed E-state index contributed by atoms with van der Waals surface area (Å²) >= 11 is 0. The third kappa shape index (κ3) is 4.45. The topological polar surface area (TPSA) is 21.3 Å². The van der Waals surface area contributed by atoms with Gasteiger partial charge in [-0.1, -0.05) is 26.0 Å². The van der Waals surface area contributed by atoms with E-state index in [2.05, 4.69) is 19.2 Å². The molecule has 0 radical (unpaired) electrons. The second-order valence-corrected chi connectivity index (χ2v) is 6.01. The SMILES string of the molecule is CC(C)CNCC1CCOC1c1ccc(C(F)(F)F)cc1. The molecule has 1 aliphatic heterocycles. The molecular formula is C16H22F3NO. The molecule has 1 heterocycles. The maximum atomic E-state index is 12.6. The number of halogens is 3. The summed E-state index contributed by atoms with van der Waals surface area (Å²) in [6.45, 7) is 6.73. The van der Waals surface area contributed by atoms with E-state index >= 15 is 0 Å². The van der Waals surface area contributed by atoms with Crippen LogP contribution in [0, 0.1) is 11.8 Å². The minimum absolute atomic E-state index is 0.105. The van der Waals surface area contributed by atoms with Gasteiger partial charge in [-0.3, -0.25) is 0 Å². The molecule has 0 spiro atoms. The molecule has 21 heavy (non-hydrogen) atoms. The molecule has 0 aliphatic carbocycles. The Bertz CT molecular complexity index is 442. The monoisotopic (exact) mass is 301 g/mol. The van der Waals surface area contributed by atoms with Crippen molar-refractivity contribution in [1.29, 1.82) is 0 Å². The number of hydrogen-bond acceptors (Lipinski definition) is 2. The van der Waals surface area contributed by atoms with E-state index in [1.807, 2.05) is 0 Å². The van der Waals surface area contributed by atoms with Crippen molar-refractivity contribution in [2.75, 3.05) is 19.7 Å². The summed E-state index contributed by atoms with van der Waals surface area (Å²) in [5.74, 6) is 0.900. The smallest absolute Gasteiger partial charge is 0.373 e. The first-order valence-corrected chi connectivity index (χ1v) is 7.37. The molecule has 1 aliphatic rings. The molecule has 1 aromatic carbocycles. The van der Waals surface area contributed by atoms with Crippen LogP contribution < -0.4 is 5.32 Å². The fraction of sp³-hybridized carbons (Fsp3) is 0.625. The summed E-state index contributed by atoms with van der Waals surface area (Å²) in [5.41, 5.74) is 0.218. The fourth-order valence-electron chi connectivity index (χ4n) is 2.63. The molecule has 0 amide bonds. The average molecular weight is 301 g/mol. The Kier molecular flexibility index (Phi) is 5.27. The lowest BCUT2D eigenvalue weighted by Crippen LogP contribution is -2.28. The normalized spacial score (nSPS) is 23.0. The number of alkyl halides is 3. The van der Waals surface area contributed by atoms with E-state index in [4.69, 9.17) is 4.74 Å². The molecule has 0 aromatic heterocycles. The summed E-state index contributed by atoms with van der Waals surface area (Å²) in [7, 11) is 0. The van der Waals surface area contributed by atoms with Crippen LogP contribution in [0.3, 0.4) is 0 Å². The molecule has 5 heteroatoms. The lowest BCUT2D eigenvalue weighted by atomic mass is 9.94. The summed E-state index contributed by atoms with van der Waals surface area (Å²) in [6.07, 6.45) is -3.45. The van der Waals surface area contributed by atoms with Gasteiger partial charge >= 0.3 is 6.18 Å². The first kappa shape index (κ1) is 16.3. The molecule has 2 atom stereocenters. The van der Waals surface area contributed by atoms with E-state index in [-0.39, 0.29) is 6.10 Å². The van der Waals surface area contributed by atoms with Crippen LogP contribution in [0.5, 0.6) is 0 Å². The Labute approximate surface area is 123 Å². The molecule has 2 rings (SSSR count). The van der Waals surface area contributed by atoms with Crippen LogP contribution in [-0.4, -0.2) is 19.7 Å². The van der Waals surface area contributed by atoms with Crippen molar-refractivity contribution in [3.63, 3.8) is 0 Å². The van der Waals surface area contributed by atoms with E-state index < -0.39 is 11.7 Å². The third-order valence-electron chi connectivity index (χ3n) is 3.74. The molecule has 0 bridgehead atoms. The van der Waals surface area contributed by atoms with Crippen LogP contribution >= 0.6 is 0 Å². The lowest BCUT2D eigenvalue weighted by Gasteiger charge is -2.20. The molecule has 1 aromatic rings. The van der Waals surface area contributed by atoms with E-state index in [0.29, 0.717) is 18.4 Å². The van der Waals surface area contributed by atoms with Crippen molar-refractivity contribution < 1.29 is 17.9 Å². The predicted molar refractivity (Wildman–Crippen MR) is 76.0 cm³/mol. The van der Waals surface area contributed by atoms with Gasteiger partial charge in [0.2, 0.25) is 0 Å². The molecule has 1 saturated heterocycles. The number of rotatable bonds is 5. The Morgan fingerprint density at radius 3 is 2.48 bits per heavy atom. The van der Waals surface area contributed by atoms with Gasteiger partial charge in [-0.15, -0.1) is 0 Å². The second kappa shape index (κ2) is 6.79. The van der Waals surface area contributed by atoms with Crippen molar-refractivity contribution in [2.45, 2.75) is 32.5 Å². The largest absolute Gasteiger partial charge is 0.416 e. The van der Waals surface area contributed by atoms with Gasteiger partial charge in [-0.2, -0.15) is 13.2 Å². The highest BCUT2D eigenvalue weighted by atomic mass is 19.4. The van der Waals surface area contributed by atoms with Crippen LogP contribution in [0.2, 0.25) is 0 Å². The Morgan fingerprint density at radius 1 is 1.24 bits per heavy atom. The van der Waals surface area contributed by atoms with Crippen LogP contribution in [0.4, 0.5) is 13.2 Å². The zero-order valence-corrected chi connectivity index (χ0v) is 12.4. The molecule has 0 saturated carbocycles. The fourth-order valence-corrected chi connectivity index (χ4v) is 2.63. The van der Waals surface area contributed by atoms with E-state index in [1.54, 1.807) is 0 Å². The number of ether oxygens (including phenoxy) is 1. The van der Waals surface area contributed by atoms with Gasteiger partial charge in [0.15, 0.2) is 0 Å². The number of benzene rings is 1.